The van der Waals surface area contributed by atoms with Crippen LogP contribution in [0.1, 0.15) is 42.6 Å². The summed E-state index contributed by atoms with van der Waals surface area (Å²) < 4.78 is 0. The summed E-state index contributed by atoms with van der Waals surface area (Å²) in [6, 6.07) is 14.7. The van der Waals surface area contributed by atoms with Crippen molar-refractivity contribution in [2.45, 2.75) is 26.7 Å². The van der Waals surface area contributed by atoms with Crippen molar-refractivity contribution in [2.24, 2.45) is 0 Å². The highest BCUT2D eigenvalue weighted by Crippen LogP contribution is 2.20. The van der Waals surface area contributed by atoms with Crippen molar-refractivity contribution in [1.82, 2.24) is 5.32 Å². The molecule has 3 N–H and O–H groups in total. The maximum atomic E-state index is 12.5. The van der Waals surface area contributed by atoms with Crippen molar-refractivity contribution in [2.75, 3.05) is 17.2 Å². The number of hydrogen-bond donors (Lipinski definition) is 3. The number of nitrogens with one attached hydrogen (secondary N) is 3. The molecule has 0 aliphatic heterocycles. The Hall–Kier alpha value is -3.15. The molecule has 0 fully saturated rings. The van der Waals surface area contributed by atoms with Crippen molar-refractivity contribution in [3.05, 3.63) is 59.7 Å². The van der Waals surface area contributed by atoms with Gasteiger partial charge in [-0.3, -0.25) is 14.4 Å². The fraction of sp³-hybridized carbons (Fsp3) is 0.250. The average molecular weight is 353 g/mol. The number of anilines is 2. The van der Waals surface area contributed by atoms with Crippen molar-refractivity contribution in [3.63, 3.8) is 0 Å². The van der Waals surface area contributed by atoms with Gasteiger partial charge >= 0.3 is 0 Å². The van der Waals surface area contributed by atoms with Crippen LogP contribution in [-0.4, -0.2) is 24.3 Å². The second-order valence-electron chi connectivity index (χ2n) is 6.18. The molecule has 3 amide bonds. The zero-order valence-electron chi connectivity index (χ0n) is 15.1. The highest BCUT2D eigenvalue weighted by molar-refractivity contribution is 5.99. The van der Waals surface area contributed by atoms with Crippen LogP contribution < -0.4 is 16.0 Å². The van der Waals surface area contributed by atoms with Crippen LogP contribution >= 0.6 is 0 Å². The van der Waals surface area contributed by atoms with E-state index in [0.29, 0.717) is 23.5 Å². The first kappa shape index (κ1) is 19.2. The summed E-state index contributed by atoms with van der Waals surface area (Å²) in [6.45, 7) is 5.27. The van der Waals surface area contributed by atoms with Crippen molar-refractivity contribution < 1.29 is 14.4 Å². The summed E-state index contributed by atoms with van der Waals surface area (Å²) in [6.07, 6.45) is 0. The van der Waals surface area contributed by atoms with Crippen LogP contribution in [0.3, 0.4) is 0 Å². The molecule has 2 aromatic rings. The van der Waals surface area contributed by atoms with E-state index in [2.05, 4.69) is 16.0 Å². The molecule has 0 aromatic heterocycles. The third-order valence-corrected chi connectivity index (χ3v) is 3.77. The van der Waals surface area contributed by atoms with Crippen LogP contribution in [0, 0.1) is 0 Å². The average Bonchev–Trinajstić information content (AvgIpc) is 2.58. The molecule has 0 bridgehead atoms. The molecule has 0 saturated carbocycles. The van der Waals surface area contributed by atoms with Crippen LogP contribution in [0.2, 0.25) is 0 Å². The molecular weight excluding hydrogens is 330 g/mol. The van der Waals surface area contributed by atoms with Crippen molar-refractivity contribution >= 4 is 29.1 Å². The van der Waals surface area contributed by atoms with Crippen molar-refractivity contribution in [1.29, 1.82) is 0 Å². The lowest BCUT2D eigenvalue weighted by Crippen LogP contribution is -2.27. The molecule has 2 aromatic carbocycles. The molecule has 0 aliphatic rings. The quantitative estimate of drug-likeness (QED) is 0.745. The van der Waals surface area contributed by atoms with E-state index in [1.165, 1.54) is 13.8 Å². The minimum Gasteiger partial charge on any atom is -0.351 e. The van der Waals surface area contributed by atoms with Gasteiger partial charge < -0.3 is 16.0 Å². The van der Waals surface area contributed by atoms with Gasteiger partial charge in [-0.15, -0.1) is 0 Å². The van der Waals surface area contributed by atoms with Gasteiger partial charge in [0.15, 0.2) is 0 Å². The maximum absolute atomic E-state index is 12.5. The molecule has 26 heavy (non-hydrogen) atoms. The van der Waals surface area contributed by atoms with E-state index >= 15 is 0 Å². The molecule has 0 spiro atoms. The molecule has 0 unspecified atom stereocenters. The highest BCUT2D eigenvalue weighted by atomic mass is 16.2. The van der Waals surface area contributed by atoms with E-state index in [4.69, 9.17) is 0 Å². The van der Waals surface area contributed by atoms with Gasteiger partial charge in [0.2, 0.25) is 11.8 Å². The van der Waals surface area contributed by atoms with Gasteiger partial charge in [-0.05, 0) is 29.7 Å². The monoisotopic (exact) mass is 353 g/mol. The van der Waals surface area contributed by atoms with E-state index in [1.807, 2.05) is 37.3 Å². The summed E-state index contributed by atoms with van der Waals surface area (Å²) >= 11 is 0. The smallest absolute Gasteiger partial charge is 0.251 e. The van der Waals surface area contributed by atoms with E-state index in [1.54, 1.807) is 18.2 Å². The Balaban J connectivity index is 2.13. The zero-order chi connectivity index (χ0) is 19.1. The fourth-order valence-corrected chi connectivity index (χ4v) is 2.56. The molecule has 136 valence electrons. The molecule has 1 atom stereocenters. The van der Waals surface area contributed by atoms with Crippen LogP contribution in [0.25, 0.3) is 0 Å². The summed E-state index contributed by atoms with van der Waals surface area (Å²) in [4.78, 5) is 35.1. The molecule has 0 radical (unpaired) electrons. The van der Waals surface area contributed by atoms with Crippen LogP contribution in [0.5, 0.6) is 0 Å². The minimum absolute atomic E-state index is 0.161. The standard InChI is InChI=1S/C20H23N3O3/c1-13(16-7-5-4-6-8-16)12-21-20(26)17-9-18(22-14(2)24)11-19(10-17)23-15(3)25/h4-11,13H,12H2,1-3H3,(H,21,26)(H,22,24)(H,23,25)/t13-/m1/s1. The summed E-state index contributed by atoms with van der Waals surface area (Å²) in [5.74, 6) is -0.622. The number of carbonyl (C=O) groups is 3. The van der Waals surface area contributed by atoms with E-state index < -0.39 is 0 Å². The second-order valence-corrected chi connectivity index (χ2v) is 6.18. The van der Waals surface area contributed by atoms with Gasteiger partial charge in [0, 0.05) is 37.3 Å². The Morgan fingerprint density at radius 3 is 1.92 bits per heavy atom. The molecule has 6 nitrogen and oxygen atoms in total. The predicted molar refractivity (Wildman–Crippen MR) is 102 cm³/mol. The number of benzene rings is 2. The normalized spacial score (nSPS) is 11.3. The second kappa shape index (κ2) is 8.80. The maximum Gasteiger partial charge on any atom is 0.251 e. The Bertz CT molecular complexity index is 769. The number of rotatable bonds is 6. The van der Waals surface area contributed by atoms with Gasteiger partial charge in [-0.25, -0.2) is 0 Å². The molecule has 0 heterocycles. The Morgan fingerprint density at radius 1 is 0.885 bits per heavy atom. The van der Waals surface area contributed by atoms with Crippen LogP contribution in [0.4, 0.5) is 11.4 Å². The first-order chi connectivity index (χ1) is 12.3. The third kappa shape index (κ3) is 5.73. The van der Waals surface area contributed by atoms with Crippen molar-refractivity contribution in [3.8, 4) is 0 Å². The number of carbonyl (C=O) groups excluding carboxylic acids is 3. The van der Waals surface area contributed by atoms with E-state index in [9.17, 15) is 14.4 Å². The largest absolute Gasteiger partial charge is 0.351 e. The Morgan fingerprint density at radius 2 is 1.42 bits per heavy atom. The number of hydrogen-bond acceptors (Lipinski definition) is 3. The molecule has 2 rings (SSSR count). The molecule has 6 heteroatoms. The molecule has 0 saturated heterocycles. The molecule has 0 aliphatic carbocycles. The Labute approximate surface area is 153 Å². The minimum atomic E-state index is -0.272. The predicted octanol–water partition coefficient (Wildman–Crippen LogP) is 3.14. The number of amides is 3. The summed E-state index contributed by atoms with van der Waals surface area (Å²) in [5, 5.41) is 8.16. The SMILES string of the molecule is CC(=O)Nc1cc(NC(C)=O)cc(C(=O)NC[C@@H](C)c2ccccc2)c1. The fourth-order valence-electron chi connectivity index (χ4n) is 2.56. The first-order valence-electron chi connectivity index (χ1n) is 8.38. The van der Waals surface area contributed by atoms with Gasteiger partial charge in [0.05, 0.1) is 0 Å². The van der Waals surface area contributed by atoms with Gasteiger partial charge in [-0.1, -0.05) is 37.3 Å². The lowest BCUT2D eigenvalue weighted by Gasteiger charge is -2.14. The van der Waals surface area contributed by atoms with Crippen LogP contribution in [0.15, 0.2) is 48.5 Å². The topological polar surface area (TPSA) is 87.3 Å². The lowest BCUT2D eigenvalue weighted by molar-refractivity contribution is -0.115. The first-order valence-corrected chi connectivity index (χ1v) is 8.38. The third-order valence-electron chi connectivity index (χ3n) is 3.77. The van der Waals surface area contributed by atoms with E-state index in [0.717, 1.165) is 5.56 Å². The van der Waals surface area contributed by atoms with Crippen LogP contribution in [-0.2, 0) is 9.59 Å². The highest BCUT2D eigenvalue weighted by Gasteiger charge is 2.12. The lowest BCUT2D eigenvalue weighted by atomic mass is 10.0. The summed E-state index contributed by atoms with van der Waals surface area (Å²) in [7, 11) is 0. The van der Waals surface area contributed by atoms with Gasteiger partial charge in [0.1, 0.15) is 0 Å². The van der Waals surface area contributed by atoms with Gasteiger partial charge in [-0.2, -0.15) is 0 Å². The van der Waals surface area contributed by atoms with Gasteiger partial charge in [0.25, 0.3) is 5.91 Å². The summed E-state index contributed by atoms with van der Waals surface area (Å²) in [5.41, 5.74) is 2.40. The molecular formula is C20H23N3O3. The van der Waals surface area contributed by atoms with E-state index in [-0.39, 0.29) is 23.6 Å². The zero-order valence-corrected chi connectivity index (χ0v) is 15.1. The Kier molecular flexibility index (Phi) is 6.49.